The van der Waals surface area contributed by atoms with Gasteiger partial charge in [0.05, 0.1) is 12.9 Å². The van der Waals surface area contributed by atoms with E-state index in [1.165, 1.54) is 11.8 Å². The molecule has 0 saturated carbocycles. The summed E-state index contributed by atoms with van der Waals surface area (Å²) in [4.78, 5) is 39.5. The summed E-state index contributed by atoms with van der Waals surface area (Å²) in [6, 6.07) is 28.2. The molecule has 4 rings (SSSR count). The van der Waals surface area contributed by atoms with Crippen molar-refractivity contribution in [3.05, 3.63) is 124 Å². The van der Waals surface area contributed by atoms with E-state index in [2.05, 4.69) is 16.0 Å². The number of benzene rings is 4. The van der Waals surface area contributed by atoms with Gasteiger partial charge in [0.25, 0.3) is 11.8 Å². The van der Waals surface area contributed by atoms with Crippen molar-refractivity contribution in [2.45, 2.75) is 11.8 Å². The number of ether oxygens (including phenoxy) is 1. The molecule has 41 heavy (non-hydrogen) atoms. The lowest BCUT2D eigenvalue weighted by atomic mass is 10.1. The Bertz CT molecular complexity index is 1570. The number of anilines is 2. The van der Waals surface area contributed by atoms with Gasteiger partial charge in [-0.15, -0.1) is 11.8 Å². The van der Waals surface area contributed by atoms with Crippen molar-refractivity contribution < 1.29 is 19.1 Å². The van der Waals surface area contributed by atoms with Gasteiger partial charge in [0.1, 0.15) is 11.4 Å². The maximum atomic E-state index is 13.3. The zero-order chi connectivity index (χ0) is 29.2. The smallest absolute Gasteiger partial charge is 0.272 e. The van der Waals surface area contributed by atoms with Gasteiger partial charge in [0.2, 0.25) is 5.91 Å². The van der Waals surface area contributed by atoms with Crippen LogP contribution in [0.1, 0.15) is 21.5 Å². The average molecular weight is 586 g/mol. The zero-order valence-corrected chi connectivity index (χ0v) is 24.0. The van der Waals surface area contributed by atoms with Crippen LogP contribution in [0.2, 0.25) is 5.02 Å². The molecule has 0 heterocycles. The SMILES string of the molecule is COc1ccc(/C=C(/NC(=O)c2ccccc2)C(=O)Nc2cccc(SCC(=O)Nc3ccc(C)c(Cl)c3)c2)cc1. The van der Waals surface area contributed by atoms with Gasteiger partial charge < -0.3 is 20.7 Å². The maximum absolute atomic E-state index is 13.3. The number of carbonyl (C=O) groups is 3. The largest absolute Gasteiger partial charge is 0.497 e. The van der Waals surface area contributed by atoms with Crippen LogP contribution in [0.5, 0.6) is 5.75 Å². The van der Waals surface area contributed by atoms with Gasteiger partial charge in [-0.1, -0.05) is 54.1 Å². The number of halogens is 1. The number of aryl methyl sites for hydroxylation is 1. The van der Waals surface area contributed by atoms with Gasteiger partial charge in [0.15, 0.2) is 0 Å². The molecule has 7 nitrogen and oxygen atoms in total. The highest BCUT2D eigenvalue weighted by molar-refractivity contribution is 8.00. The molecule has 0 aliphatic rings. The third-order valence-corrected chi connectivity index (χ3v) is 7.27. The lowest BCUT2D eigenvalue weighted by molar-refractivity contribution is -0.114. The van der Waals surface area contributed by atoms with Crippen molar-refractivity contribution >= 4 is 58.5 Å². The van der Waals surface area contributed by atoms with Crippen molar-refractivity contribution in [1.29, 1.82) is 0 Å². The monoisotopic (exact) mass is 585 g/mol. The molecule has 0 aliphatic heterocycles. The minimum atomic E-state index is -0.499. The fourth-order valence-electron chi connectivity index (χ4n) is 3.69. The summed E-state index contributed by atoms with van der Waals surface area (Å²) in [7, 11) is 1.57. The predicted octanol–water partition coefficient (Wildman–Crippen LogP) is 6.80. The molecule has 0 fully saturated rings. The molecule has 4 aromatic carbocycles. The van der Waals surface area contributed by atoms with E-state index in [-0.39, 0.29) is 17.4 Å². The lowest BCUT2D eigenvalue weighted by Gasteiger charge is -2.12. The van der Waals surface area contributed by atoms with E-state index in [0.717, 1.165) is 10.5 Å². The Hall–Kier alpha value is -4.53. The summed E-state index contributed by atoms with van der Waals surface area (Å²) >= 11 is 7.47. The van der Waals surface area contributed by atoms with Gasteiger partial charge in [-0.25, -0.2) is 0 Å². The maximum Gasteiger partial charge on any atom is 0.272 e. The lowest BCUT2D eigenvalue weighted by Crippen LogP contribution is -2.30. The summed E-state index contributed by atoms with van der Waals surface area (Å²) in [6.45, 7) is 1.89. The summed E-state index contributed by atoms with van der Waals surface area (Å²) in [5, 5.41) is 8.99. The molecule has 0 spiro atoms. The van der Waals surface area contributed by atoms with Crippen molar-refractivity contribution in [3.63, 3.8) is 0 Å². The van der Waals surface area contributed by atoms with Crippen LogP contribution in [-0.4, -0.2) is 30.6 Å². The third kappa shape index (κ3) is 8.73. The van der Waals surface area contributed by atoms with Crippen LogP contribution in [0.25, 0.3) is 6.08 Å². The van der Waals surface area contributed by atoms with Crippen molar-refractivity contribution in [2.24, 2.45) is 0 Å². The normalized spacial score (nSPS) is 11.0. The van der Waals surface area contributed by atoms with Crippen LogP contribution < -0.4 is 20.7 Å². The summed E-state index contributed by atoms with van der Waals surface area (Å²) in [5.74, 6) is -0.254. The molecule has 9 heteroatoms. The molecule has 0 atom stereocenters. The summed E-state index contributed by atoms with van der Waals surface area (Å²) in [6.07, 6.45) is 1.59. The van der Waals surface area contributed by atoms with Gasteiger partial charge in [-0.3, -0.25) is 14.4 Å². The highest BCUT2D eigenvalue weighted by Crippen LogP contribution is 2.24. The molecule has 0 saturated heterocycles. The average Bonchev–Trinajstić information content (AvgIpc) is 2.98. The summed E-state index contributed by atoms with van der Waals surface area (Å²) in [5.41, 5.74) is 3.26. The van der Waals surface area contributed by atoms with Crippen LogP contribution in [0, 0.1) is 6.92 Å². The molecule has 4 aromatic rings. The Balaban J connectivity index is 1.45. The fourth-order valence-corrected chi connectivity index (χ4v) is 4.62. The van der Waals surface area contributed by atoms with Crippen molar-refractivity contribution in [3.8, 4) is 5.75 Å². The second-order valence-electron chi connectivity index (χ2n) is 8.93. The first-order chi connectivity index (χ1) is 19.8. The number of methoxy groups -OCH3 is 1. The number of carbonyl (C=O) groups excluding carboxylic acids is 3. The second-order valence-corrected chi connectivity index (χ2v) is 10.4. The van der Waals surface area contributed by atoms with Gasteiger partial charge in [-0.05, 0) is 78.7 Å². The van der Waals surface area contributed by atoms with E-state index < -0.39 is 11.8 Å². The molecular weight excluding hydrogens is 558 g/mol. The first kappa shape index (κ1) is 29.5. The number of amides is 3. The van der Waals surface area contributed by atoms with Crippen LogP contribution in [-0.2, 0) is 9.59 Å². The fraction of sp³-hybridized carbons (Fsp3) is 0.0938. The Morgan fingerprint density at radius 3 is 2.29 bits per heavy atom. The molecule has 0 radical (unpaired) electrons. The standard InChI is InChI=1S/C32H28ClN3O4S/c1-21-11-14-25(19-28(21)33)34-30(37)20-41-27-10-6-9-24(18-27)35-32(39)29(17-22-12-15-26(40-2)16-13-22)36-31(38)23-7-4-3-5-8-23/h3-19H,20H2,1-2H3,(H,34,37)(H,35,39)(H,36,38)/b29-17+. The highest BCUT2D eigenvalue weighted by atomic mass is 35.5. The van der Waals surface area contributed by atoms with E-state index in [1.54, 1.807) is 92.0 Å². The zero-order valence-electron chi connectivity index (χ0n) is 22.4. The van der Waals surface area contributed by atoms with Gasteiger partial charge >= 0.3 is 0 Å². The Morgan fingerprint density at radius 2 is 1.59 bits per heavy atom. The van der Waals surface area contributed by atoms with Gasteiger partial charge in [-0.2, -0.15) is 0 Å². The quantitative estimate of drug-likeness (QED) is 0.140. The molecule has 0 aliphatic carbocycles. The molecule has 0 unspecified atom stereocenters. The minimum Gasteiger partial charge on any atom is -0.497 e. The Morgan fingerprint density at radius 1 is 0.854 bits per heavy atom. The highest BCUT2D eigenvalue weighted by Gasteiger charge is 2.16. The van der Waals surface area contributed by atoms with Crippen LogP contribution in [0.4, 0.5) is 11.4 Å². The number of thioether (sulfide) groups is 1. The first-order valence-electron chi connectivity index (χ1n) is 12.6. The van der Waals surface area contributed by atoms with Gasteiger partial charge in [0, 0.05) is 26.9 Å². The van der Waals surface area contributed by atoms with E-state index in [1.807, 2.05) is 25.1 Å². The topological polar surface area (TPSA) is 96.5 Å². The Kier molecular flexibility index (Phi) is 10.2. The first-order valence-corrected chi connectivity index (χ1v) is 14.0. The minimum absolute atomic E-state index is 0.0678. The molecule has 0 aromatic heterocycles. The van der Waals surface area contributed by atoms with E-state index in [9.17, 15) is 14.4 Å². The van der Waals surface area contributed by atoms with Crippen LogP contribution in [0.15, 0.2) is 108 Å². The summed E-state index contributed by atoms with van der Waals surface area (Å²) < 4.78 is 5.21. The van der Waals surface area contributed by atoms with Crippen LogP contribution >= 0.6 is 23.4 Å². The third-order valence-electron chi connectivity index (χ3n) is 5.87. The van der Waals surface area contributed by atoms with Crippen LogP contribution in [0.3, 0.4) is 0 Å². The molecule has 208 valence electrons. The Labute approximate surface area is 248 Å². The molecule has 0 bridgehead atoms. The molecular formula is C32H28ClN3O4S. The van der Waals surface area contributed by atoms with E-state index in [0.29, 0.717) is 33.3 Å². The van der Waals surface area contributed by atoms with E-state index in [4.69, 9.17) is 16.3 Å². The number of rotatable bonds is 10. The molecule has 3 amide bonds. The number of nitrogens with one attached hydrogen (secondary N) is 3. The number of hydrogen-bond acceptors (Lipinski definition) is 5. The number of hydrogen-bond donors (Lipinski definition) is 3. The molecule has 3 N–H and O–H groups in total. The van der Waals surface area contributed by atoms with Crippen molar-refractivity contribution in [1.82, 2.24) is 5.32 Å². The predicted molar refractivity (Wildman–Crippen MR) is 165 cm³/mol. The second kappa shape index (κ2) is 14.2. The van der Waals surface area contributed by atoms with E-state index >= 15 is 0 Å². The van der Waals surface area contributed by atoms with Crippen molar-refractivity contribution in [2.75, 3.05) is 23.5 Å².